The van der Waals surface area contributed by atoms with Gasteiger partial charge in [-0.3, -0.25) is 9.97 Å². The van der Waals surface area contributed by atoms with Crippen molar-refractivity contribution in [3.63, 3.8) is 0 Å². The van der Waals surface area contributed by atoms with Gasteiger partial charge in [-0.05, 0) is 35.4 Å². The number of hydrogen-bond acceptors (Lipinski definition) is 4. The van der Waals surface area contributed by atoms with Crippen LogP contribution < -0.4 is 0 Å². The predicted octanol–water partition coefficient (Wildman–Crippen LogP) is 3.90. The van der Waals surface area contributed by atoms with Gasteiger partial charge in [0.25, 0.3) is 0 Å². The Bertz CT molecular complexity index is 426. The Balaban J connectivity index is 0.000000296. The van der Waals surface area contributed by atoms with Crippen LogP contribution in [0.5, 0.6) is 0 Å². The Hall–Kier alpha value is 0.0683. The third-order valence-corrected chi connectivity index (χ3v) is 1.86. The maximum absolute atomic E-state index is 8.51. The van der Waals surface area contributed by atoms with Gasteiger partial charge in [0.05, 0.1) is 13.2 Å². The Labute approximate surface area is 142 Å². The van der Waals surface area contributed by atoms with Crippen LogP contribution in [-0.4, -0.2) is 20.2 Å². The molecule has 2 aromatic heterocycles. The summed E-state index contributed by atoms with van der Waals surface area (Å²) in [5, 5.41) is 17.0. The van der Waals surface area contributed by atoms with Gasteiger partial charge in [0.2, 0.25) is 0 Å². The van der Waals surface area contributed by atoms with E-state index in [0.29, 0.717) is 0 Å². The molecule has 21 heavy (non-hydrogen) atoms. The van der Waals surface area contributed by atoms with Crippen LogP contribution >= 0.6 is 37.7 Å². The minimum absolute atomic E-state index is 0.0997. The SMILES string of the molecule is OCc1ccncc1.OCc1ccncc1.[Cl][Pt]([Cl])([Cl])[Cl]. The van der Waals surface area contributed by atoms with Gasteiger partial charge in [0.1, 0.15) is 0 Å². The number of hydrogen-bond donors (Lipinski definition) is 2. The second-order valence-electron chi connectivity index (χ2n) is 3.30. The van der Waals surface area contributed by atoms with Crippen LogP contribution in [0.2, 0.25) is 0 Å². The average Bonchev–Trinajstić information content (AvgIpc) is 2.48. The van der Waals surface area contributed by atoms with Gasteiger partial charge < -0.3 is 10.2 Å². The van der Waals surface area contributed by atoms with Crippen molar-refractivity contribution in [2.45, 2.75) is 13.2 Å². The van der Waals surface area contributed by atoms with Crippen LogP contribution in [-0.2, 0) is 25.1 Å². The number of halogens is 4. The third kappa shape index (κ3) is 16.3. The van der Waals surface area contributed by atoms with Crippen molar-refractivity contribution < 1.29 is 22.1 Å². The summed E-state index contributed by atoms with van der Waals surface area (Å²) in [6.07, 6.45) is 6.63. The average molecular weight is 555 g/mol. The van der Waals surface area contributed by atoms with Crippen LogP contribution in [0, 0.1) is 0 Å². The van der Waals surface area contributed by atoms with Gasteiger partial charge in [-0.1, -0.05) is 0 Å². The van der Waals surface area contributed by atoms with Crippen molar-refractivity contribution in [1.29, 1.82) is 0 Å². The zero-order valence-corrected chi connectivity index (χ0v) is 15.9. The molecule has 0 saturated heterocycles. The first-order chi connectivity index (χ1) is 9.86. The Morgan fingerprint density at radius 1 is 0.714 bits per heavy atom. The van der Waals surface area contributed by atoms with Gasteiger partial charge in [0, 0.05) is 24.8 Å². The Morgan fingerprint density at radius 3 is 1.10 bits per heavy atom. The molecule has 2 rings (SSSR count). The van der Waals surface area contributed by atoms with Gasteiger partial charge in [0.15, 0.2) is 0 Å². The summed E-state index contributed by atoms with van der Waals surface area (Å²) in [6.45, 7) is 0.199. The Kier molecular flexibility index (Phi) is 12.6. The summed E-state index contributed by atoms with van der Waals surface area (Å²) in [6, 6.07) is 7.11. The fourth-order valence-corrected chi connectivity index (χ4v) is 0.976. The number of pyridine rings is 2. The monoisotopic (exact) mass is 553 g/mol. The van der Waals surface area contributed by atoms with Crippen LogP contribution in [0.1, 0.15) is 11.1 Å². The maximum atomic E-state index is 8.51. The van der Waals surface area contributed by atoms with Gasteiger partial charge >= 0.3 is 49.6 Å². The molecule has 0 aromatic carbocycles. The fraction of sp³-hybridized carbons (Fsp3) is 0.167. The summed E-state index contributed by atoms with van der Waals surface area (Å²) in [5.41, 5.74) is 1.81. The first-order valence-electron chi connectivity index (χ1n) is 5.34. The number of aliphatic hydroxyl groups is 2. The molecule has 2 aromatic rings. The van der Waals surface area contributed by atoms with E-state index in [1.54, 1.807) is 49.1 Å². The van der Waals surface area contributed by atoms with E-state index in [2.05, 4.69) is 9.97 Å². The molecule has 0 fully saturated rings. The minimum atomic E-state index is -3.06. The zero-order valence-electron chi connectivity index (χ0n) is 10.6. The van der Waals surface area contributed by atoms with E-state index in [4.69, 9.17) is 47.9 Å². The molecule has 0 radical (unpaired) electrons. The van der Waals surface area contributed by atoms with E-state index in [1.165, 1.54) is 0 Å². The van der Waals surface area contributed by atoms with E-state index >= 15 is 0 Å². The quantitative estimate of drug-likeness (QED) is 0.591. The molecule has 0 aliphatic rings. The van der Waals surface area contributed by atoms with Gasteiger partial charge in [-0.2, -0.15) is 0 Å². The van der Waals surface area contributed by atoms with Gasteiger partial charge in [-0.15, -0.1) is 0 Å². The molecular weight excluding hydrogens is 541 g/mol. The van der Waals surface area contributed by atoms with Crippen molar-refractivity contribution in [3.05, 3.63) is 60.2 Å². The van der Waals surface area contributed by atoms with Gasteiger partial charge in [-0.25, -0.2) is 0 Å². The normalized spacial score (nSPS) is 10.6. The number of aliphatic hydroxyl groups excluding tert-OH is 2. The molecule has 0 atom stereocenters. The number of rotatable bonds is 2. The molecule has 2 N–H and O–H groups in total. The van der Waals surface area contributed by atoms with E-state index in [9.17, 15) is 0 Å². The molecule has 0 spiro atoms. The molecule has 0 bridgehead atoms. The third-order valence-electron chi connectivity index (χ3n) is 1.86. The number of nitrogens with zero attached hydrogens (tertiary/aromatic N) is 2. The van der Waals surface area contributed by atoms with E-state index < -0.39 is 11.9 Å². The molecule has 122 valence electrons. The summed E-state index contributed by atoms with van der Waals surface area (Å²) in [7, 11) is 20.0. The topological polar surface area (TPSA) is 66.2 Å². The zero-order chi connectivity index (χ0) is 16.1. The fourth-order valence-electron chi connectivity index (χ4n) is 0.976. The van der Waals surface area contributed by atoms with Crippen LogP contribution in [0.15, 0.2) is 49.1 Å². The van der Waals surface area contributed by atoms with E-state index in [-0.39, 0.29) is 13.2 Å². The van der Waals surface area contributed by atoms with Crippen LogP contribution in [0.3, 0.4) is 0 Å². The summed E-state index contributed by atoms with van der Waals surface area (Å²) >= 11 is -3.06. The first kappa shape index (κ1) is 21.1. The molecule has 0 aliphatic heterocycles. The van der Waals surface area contributed by atoms with Crippen molar-refractivity contribution >= 4 is 37.7 Å². The molecule has 2 heterocycles. The van der Waals surface area contributed by atoms with Crippen LogP contribution in [0.4, 0.5) is 0 Å². The molecule has 4 nitrogen and oxygen atoms in total. The van der Waals surface area contributed by atoms with Crippen molar-refractivity contribution in [2.75, 3.05) is 0 Å². The van der Waals surface area contributed by atoms with Crippen molar-refractivity contribution in [3.8, 4) is 0 Å². The van der Waals surface area contributed by atoms with E-state index in [1.807, 2.05) is 0 Å². The number of aromatic nitrogens is 2. The second kappa shape index (κ2) is 12.6. The molecule has 0 aliphatic carbocycles. The predicted molar refractivity (Wildman–Crippen MR) is 83.7 cm³/mol. The molecular formula is C12H14Cl4N2O2Pt. The first-order valence-corrected chi connectivity index (χ1v) is 16.6. The standard InChI is InChI=1S/2C6H7NO.4ClH.Pt/c2*8-5-6-1-3-7-4-2-6;;;;;/h2*1-4,8H,5H2;4*1H;/q;;;;;;+4/p-4. The Morgan fingerprint density at radius 2 is 0.952 bits per heavy atom. The summed E-state index contributed by atoms with van der Waals surface area (Å²) in [4.78, 5) is 7.56. The molecule has 9 heteroatoms. The molecule has 0 saturated carbocycles. The van der Waals surface area contributed by atoms with Crippen LogP contribution in [0.25, 0.3) is 0 Å². The van der Waals surface area contributed by atoms with Crippen molar-refractivity contribution in [1.82, 2.24) is 9.97 Å². The summed E-state index contributed by atoms with van der Waals surface area (Å²) in [5.74, 6) is 0. The van der Waals surface area contributed by atoms with Crippen molar-refractivity contribution in [2.24, 2.45) is 0 Å². The van der Waals surface area contributed by atoms with E-state index in [0.717, 1.165) is 11.1 Å². The second-order valence-corrected chi connectivity index (χ2v) is 23.0. The molecule has 0 unspecified atom stereocenters. The summed E-state index contributed by atoms with van der Waals surface area (Å²) < 4.78 is 0. The molecule has 0 amide bonds.